The molecule has 0 aliphatic carbocycles. The van der Waals surface area contributed by atoms with Crippen molar-refractivity contribution in [2.45, 2.75) is 46.0 Å². The first-order valence-corrected chi connectivity index (χ1v) is 6.58. The number of anilines is 1. The summed E-state index contributed by atoms with van der Waals surface area (Å²) in [7, 11) is 1.80. The van der Waals surface area contributed by atoms with Crippen LogP contribution in [0.3, 0.4) is 0 Å². The summed E-state index contributed by atoms with van der Waals surface area (Å²) in [6.45, 7) is 9.10. The molecule has 3 nitrogen and oxygen atoms in total. The van der Waals surface area contributed by atoms with Gasteiger partial charge in [-0.1, -0.05) is 34.1 Å². The molecule has 3 heteroatoms. The summed E-state index contributed by atoms with van der Waals surface area (Å²) in [5.74, 6) is 1.13. The minimum atomic E-state index is -0.111. The third-order valence-corrected chi connectivity index (χ3v) is 2.93. The van der Waals surface area contributed by atoms with Gasteiger partial charge in [-0.05, 0) is 17.9 Å². The van der Waals surface area contributed by atoms with Crippen molar-refractivity contribution in [3.63, 3.8) is 0 Å². The normalized spacial score (nSPS) is 11.4. The van der Waals surface area contributed by atoms with E-state index in [-0.39, 0.29) is 5.41 Å². The van der Waals surface area contributed by atoms with Crippen molar-refractivity contribution in [3.8, 4) is 11.5 Å². The lowest BCUT2D eigenvalue weighted by Crippen LogP contribution is -2.12. The molecule has 0 radical (unpaired) electrons. The van der Waals surface area contributed by atoms with Gasteiger partial charge >= 0.3 is 0 Å². The molecule has 0 amide bonds. The van der Waals surface area contributed by atoms with Crippen LogP contribution in [0.1, 0.15) is 46.1 Å². The molecule has 0 aliphatic rings. The van der Waals surface area contributed by atoms with E-state index in [2.05, 4.69) is 33.0 Å². The molecule has 2 N–H and O–H groups in total. The highest BCUT2D eigenvalue weighted by atomic mass is 16.5. The first kappa shape index (κ1) is 14.7. The lowest BCUT2D eigenvalue weighted by molar-refractivity contribution is 0.308. The molecule has 1 aromatic rings. The molecule has 18 heavy (non-hydrogen) atoms. The maximum atomic E-state index is 10.2. The maximum Gasteiger partial charge on any atom is 0.142 e. The number of hydrogen-bond acceptors (Lipinski definition) is 3. The number of nitrogens with one attached hydrogen (secondary N) is 1. The first-order valence-electron chi connectivity index (χ1n) is 6.58. The van der Waals surface area contributed by atoms with Crippen molar-refractivity contribution in [3.05, 3.63) is 17.7 Å². The van der Waals surface area contributed by atoms with Gasteiger partial charge in [0.1, 0.15) is 11.5 Å². The van der Waals surface area contributed by atoms with Crippen molar-refractivity contribution < 1.29 is 9.84 Å². The number of phenols is 1. The van der Waals surface area contributed by atoms with Gasteiger partial charge in [-0.25, -0.2) is 0 Å². The van der Waals surface area contributed by atoms with Crippen LogP contribution in [-0.2, 0) is 5.41 Å². The minimum Gasteiger partial charge on any atom is -0.505 e. The Balaban J connectivity index is 3.06. The SMILES string of the molecule is CCCCOc1cc(NC)c(O)c(C(C)(C)C)c1. The van der Waals surface area contributed by atoms with Crippen LogP contribution in [0, 0.1) is 0 Å². The molecule has 0 aliphatic heterocycles. The lowest BCUT2D eigenvalue weighted by Gasteiger charge is -2.23. The van der Waals surface area contributed by atoms with Crippen molar-refractivity contribution in [2.75, 3.05) is 19.0 Å². The second-order valence-electron chi connectivity index (χ2n) is 5.57. The van der Waals surface area contributed by atoms with Crippen LogP contribution in [-0.4, -0.2) is 18.8 Å². The monoisotopic (exact) mass is 251 g/mol. The number of unbranched alkanes of at least 4 members (excludes halogenated alkanes) is 1. The standard InChI is InChI=1S/C15H25NO2/c1-6-7-8-18-11-9-12(15(2,3)4)14(17)13(10-11)16-5/h9-10,16-17H,6-8H2,1-5H3. The number of hydrogen-bond donors (Lipinski definition) is 2. The second-order valence-corrected chi connectivity index (χ2v) is 5.57. The van der Waals surface area contributed by atoms with E-state index < -0.39 is 0 Å². The van der Waals surface area contributed by atoms with Crippen LogP contribution in [0.15, 0.2) is 12.1 Å². The summed E-state index contributed by atoms with van der Waals surface area (Å²) >= 11 is 0. The van der Waals surface area contributed by atoms with Gasteiger partial charge in [-0.2, -0.15) is 0 Å². The Morgan fingerprint density at radius 3 is 2.44 bits per heavy atom. The quantitative estimate of drug-likeness (QED) is 0.616. The Bertz CT molecular complexity index is 394. The molecule has 0 aromatic heterocycles. The largest absolute Gasteiger partial charge is 0.505 e. The molecule has 0 saturated carbocycles. The molecule has 0 saturated heterocycles. The zero-order valence-electron chi connectivity index (χ0n) is 12.1. The third kappa shape index (κ3) is 3.56. The summed E-state index contributed by atoms with van der Waals surface area (Å²) in [6.07, 6.45) is 2.16. The van der Waals surface area contributed by atoms with E-state index in [1.807, 2.05) is 12.1 Å². The molecular formula is C15H25NO2. The summed E-state index contributed by atoms with van der Waals surface area (Å²) in [6, 6.07) is 3.78. The number of ether oxygens (including phenoxy) is 1. The highest BCUT2D eigenvalue weighted by Gasteiger charge is 2.21. The zero-order chi connectivity index (χ0) is 13.8. The van der Waals surface area contributed by atoms with Gasteiger partial charge in [-0.3, -0.25) is 0 Å². The van der Waals surface area contributed by atoms with Crippen LogP contribution in [0.2, 0.25) is 0 Å². The number of benzene rings is 1. The van der Waals surface area contributed by atoms with Gasteiger partial charge < -0.3 is 15.2 Å². The van der Waals surface area contributed by atoms with E-state index >= 15 is 0 Å². The fourth-order valence-electron chi connectivity index (χ4n) is 1.79. The average molecular weight is 251 g/mol. The Kier molecular flexibility index (Phi) is 4.88. The minimum absolute atomic E-state index is 0.111. The van der Waals surface area contributed by atoms with E-state index in [0.717, 1.165) is 24.2 Å². The summed E-state index contributed by atoms with van der Waals surface area (Å²) in [5, 5.41) is 13.2. The first-order chi connectivity index (χ1) is 8.40. The molecule has 0 spiro atoms. The van der Waals surface area contributed by atoms with E-state index in [1.165, 1.54) is 0 Å². The van der Waals surface area contributed by atoms with E-state index in [4.69, 9.17) is 4.74 Å². The molecule has 0 heterocycles. The van der Waals surface area contributed by atoms with Gasteiger partial charge in [0.2, 0.25) is 0 Å². The van der Waals surface area contributed by atoms with Crippen molar-refractivity contribution in [2.24, 2.45) is 0 Å². The third-order valence-electron chi connectivity index (χ3n) is 2.93. The molecule has 1 aromatic carbocycles. The van der Waals surface area contributed by atoms with Crippen LogP contribution in [0.25, 0.3) is 0 Å². The van der Waals surface area contributed by atoms with E-state index in [1.54, 1.807) is 7.05 Å². The Morgan fingerprint density at radius 1 is 1.28 bits per heavy atom. The van der Waals surface area contributed by atoms with Crippen LogP contribution in [0.5, 0.6) is 11.5 Å². The predicted molar refractivity (Wildman–Crippen MR) is 76.8 cm³/mol. The van der Waals surface area contributed by atoms with E-state index in [9.17, 15) is 5.11 Å². The highest BCUT2D eigenvalue weighted by Crippen LogP contribution is 2.39. The molecule has 0 fully saturated rings. The fourth-order valence-corrected chi connectivity index (χ4v) is 1.79. The summed E-state index contributed by atoms with van der Waals surface area (Å²) in [5.41, 5.74) is 1.51. The number of phenolic OH excluding ortho intramolecular Hbond substituents is 1. The molecular weight excluding hydrogens is 226 g/mol. The van der Waals surface area contributed by atoms with Crippen LogP contribution < -0.4 is 10.1 Å². The van der Waals surface area contributed by atoms with Gasteiger partial charge in [0.05, 0.1) is 12.3 Å². The Morgan fingerprint density at radius 2 is 1.94 bits per heavy atom. The molecule has 0 unspecified atom stereocenters. The van der Waals surface area contributed by atoms with E-state index in [0.29, 0.717) is 18.0 Å². The Hall–Kier alpha value is -1.38. The Labute approximate surface area is 110 Å². The van der Waals surface area contributed by atoms with Gasteiger partial charge in [0.15, 0.2) is 0 Å². The summed E-state index contributed by atoms with van der Waals surface area (Å²) < 4.78 is 5.73. The van der Waals surface area contributed by atoms with Crippen LogP contribution >= 0.6 is 0 Å². The molecule has 0 atom stereocenters. The highest BCUT2D eigenvalue weighted by molar-refractivity contribution is 5.64. The zero-order valence-corrected chi connectivity index (χ0v) is 12.1. The predicted octanol–water partition coefficient (Wildman–Crippen LogP) is 3.91. The van der Waals surface area contributed by atoms with Gasteiger partial charge in [0, 0.05) is 18.7 Å². The fraction of sp³-hybridized carbons (Fsp3) is 0.600. The topological polar surface area (TPSA) is 41.5 Å². The molecule has 1 rings (SSSR count). The molecule has 0 bridgehead atoms. The van der Waals surface area contributed by atoms with Gasteiger partial charge in [0.25, 0.3) is 0 Å². The number of aromatic hydroxyl groups is 1. The van der Waals surface area contributed by atoms with Crippen molar-refractivity contribution in [1.82, 2.24) is 0 Å². The smallest absolute Gasteiger partial charge is 0.142 e. The average Bonchev–Trinajstić information content (AvgIpc) is 2.29. The van der Waals surface area contributed by atoms with Crippen LogP contribution in [0.4, 0.5) is 5.69 Å². The number of rotatable bonds is 5. The maximum absolute atomic E-state index is 10.2. The van der Waals surface area contributed by atoms with Gasteiger partial charge in [-0.15, -0.1) is 0 Å². The lowest BCUT2D eigenvalue weighted by atomic mass is 9.86. The summed E-state index contributed by atoms with van der Waals surface area (Å²) in [4.78, 5) is 0. The van der Waals surface area contributed by atoms with Crippen molar-refractivity contribution >= 4 is 5.69 Å². The van der Waals surface area contributed by atoms with Crippen molar-refractivity contribution in [1.29, 1.82) is 0 Å². The molecule has 102 valence electrons. The second kappa shape index (κ2) is 5.98.